The Bertz CT molecular complexity index is 2750. The van der Waals surface area contributed by atoms with Crippen LogP contribution in [0.1, 0.15) is 0 Å². The number of hydrogen-bond donors (Lipinski definition) is 0. The molecule has 0 fully saturated rings. The minimum atomic E-state index is 0.729. The third-order valence-electron chi connectivity index (χ3n) is 9.84. The summed E-state index contributed by atoms with van der Waals surface area (Å²) in [5, 5.41) is 2.27. The number of anilines is 2. The second-order valence-corrected chi connectivity index (χ2v) is 13.0. The molecule has 0 bridgehead atoms. The lowest BCUT2D eigenvalue weighted by atomic mass is 10.1. The molecule has 1 aliphatic rings. The maximum absolute atomic E-state index is 6.65. The van der Waals surface area contributed by atoms with Gasteiger partial charge in [0.1, 0.15) is 17.3 Å². The maximum Gasteiger partial charge on any atom is 0.138 e. The van der Waals surface area contributed by atoms with Gasteiger partial charge in [-0.05, 0) is 77.9 Å². The molecule has 0 radical (unpaired) electrons. The quantitative estimate of drug-likeness (QED) is 0.169. The molecule has 0 saturated heterocycles. The van der Waals surface area contributed by atoms with E-state index in [0.29, 0.717) is 0 Å². The van der Waals surface area contributed by atoms with Gasteiger partial charge < -0.3 is 19.1 Å². The molecule has 10 rings (SSSR count). The zero-order valence-corrected chi connectivity index (χ0v) is 28.2. The van der Waals surface area contributed by atoms with Crippen LogP contribution in [0.4, 0.5) is 11.4 Å². The maximum atomic E-state index is 6.65. The zero-order chi connectivity index (χ0) is 34.4. The number of fused-ring (bicyclic) bond motifs is 5. The number of hydrogen-bond acceptors (Lipinski definition) is 4. The lowest BCUT2D eigenvalue weighted by Gasteiger charge is -2.22. The van der Waals surface area contributed by atoms with Gasteiger partial charge in [-0.3, -0.25) is 4.57 Å². The topological polar surface area (TPSA) is 38.5 Å². The van der Waals surface area contributed by atoms with E-state index in [1.165, 1.54) is 0 Å². The van der Waals surface area contributed by atoms with E-state index in [9.17, 15) is 0 Å². The van der Waals surface area contributed by atoms with E-state index in [-0.39, 0.29) is 0 Å². The van der Waals surface area contributed by atoms with E-state index in [1.54, 1.807) is 0 Å². The van der Waals surface area contributed by atoms with Crippen molar-refractivity contribution in [3.05, 3.63) is 188 Å². The van der Waals surface area contributed by atoms with Crippen molar-refractivity contribution < 1.29 is 4.74 Å². The third kappa shape index (κ3) is 5.08. The van der Waals surface area contributed by atoms with Gasteiger partial charge in [0.15, 0.2) is 0 Å². The first-order valence-electron chi connectivity index (χ1n) is 17.5. The molecule has 1 aliphatic heterocycles. The van der Waals surface area contributed by atoms with Gasteiger partial charge in [-0.15, -0.1) is 0 Å². The highest BCUT2D eigenvalue weighted by molar-refractivity contribution is 6.20. The van der Waals surface area contributed by atoms with Crippen LogP contribution in [-0.2, 0) is 0 Å². The largest absolute Gasteiger partial charge is 0.457 e. The second-order valence-electron chi connectivity index (χ2n) is 13.0. The average Bonchev–Trinajstić information content (AvgIpc) is 3.92. The van der Waals surface area contributed by atoms with E-state index >= 15 is 0 Å². The summed E-state index contributed by atoms with van der Waals surface area (Å²) in [4.78, 5) is 9.44. The smallest absolute Gasteiger partial charge is 0.138 e. The molecular weight excluding hydrogens is 639 g/mol. The van der Waals surface area contributed by atoms with Crippen LogP contribution in [0.5, 0.6) is 11.5 Å². The fraction of sp³-hybridized carbons (Fsp3) is 0.0217. The minimum absolute atomic E-state index is 0.729. The summed E-state index contributed by atoms with van der Waals surface area (Å²) in [5.74, 6) is 2.37. The highest BCUT2D eigenvalue weighted by atomic mass is 16.5. The van der Waals surface area contributed by atoms with Gasteiger partial charge in [0.2, 0.25) is 0 Å². The number of benzene rings is 6. The Balaban J connectivity index is 1.11. The van der Waals surface area contributed by atoms with Crippen LogP contribution in [0.2, 0.25) is 0 Å². The van der Waals surface area contributed by atoms with Crippen LogP contribution >= 0.6 is 0 Å². The molecule has 0 aliphatic carbocycles. The van der Waals surface area contributed by atoms with Crippen molar-refractivity contribution in [1.82, 2.24) is 14.1 Å². The van der Waals surface area contributed by atoms with Crippen LogP contribution < -0.4 is 14.5 Å². The SMILES string of the molecule is C1=CN(c2cccc(Oc3ccc4c(c3)n(-c3cc(-c5ccccc5)ccn3)c3c5ccccc5n(-c5ccccc5)c43)c2)CN1c1ccccc1. The molecule has 6 aromatic carbocycles. The van der Waals surface area contributed by atoms with E-state index < -0.39 is 0 Å². The van der Waals surface area contributed by atoms with E-state index in [1.807, 2.05) is 30.5 Å². The molecule has 0 saturated carbocycles. The first-order valence-corrected chi connectivity index (χ1v) is 17.5. The molecule has 3 aromatic heterocycles. The number of aromatic nitrogens is 3. The zero-order valence-electron chi connectivity index (χ0n) is 28.2. The van der Waals surface area contributed by atoms with Crippen molar-refractivity contribution in [2.45, 2.75) is 0 Å². The van der Waals surface area contributed by atoms with Crippen LogP contribution in [0.15, 0.2) is 188 Å². The second kappa shape index (κ2) is 12.4. The van der Waals surface area contributed by atoms with Gasteiger partial charge in [0.25, 0.3) is 0 Å². The summed E-state index contributed by atoms with van der Waals surface area (Å²) < 4.78 is 11.3. The van der Waals surface area contributed by atoms with Crippen molar-refractivity contribution in [1.29, 1.82) is 0 Å². The Morgan fingerprint density at radius 1 is 0.442 bits per heavy atom. The molecule has 52 heavy (non-hydrogen) atoms. The van der Waals surface area contributed by atoms with Gasteiger partial charge in [-0.1, -0.05) is 91.0 Å². The highest BCUT2D eigenvalue weighted by Gasteiger charge is 2.23. The summed E-state index contributed by atoms with van der Waals surface area (Å²) in [6.45, 7) is 0.729. The van der Waals surface area contributed by atoms with Crippen molar-refractivity contribution in [3.8, 4) is 34.1 Å². The van der Waals surface area contributed by atoms with E-state index in [2.05, 4.69) is 177 Å². The molecule has 248 valence electrons. The number of pyridine rings is 1. The van der Waals surface area contributed by atoms with Gasteiger partial charge in [-0.2, -0.15) is 0 Å². The monoisotopic (exact) mass is 671 g/mol. The van der Waals surface area contributed by atoms with Crippen LogP contribution in [0, 0.1) is 0 Å². The normalized spacial score (nSPS) is 12.8. The highest BCUT2D eigenvalue weighted by Crippen LogP contribution is 2.42. The summed E-state index contributed by atoms with van der Waals surface area (Å²) in [6.07, 6.45) is 6.13. The van der Waals surface area contributed by atoms with Crippen LogP contribution in [0.3, 0.4) is 0 Å². The molecule has 4 heterocycles. The lowest BCUT2D eigenvalue weighted by molar-refractivity contribution is 0.483. The first-order chi connectivity index (χ1) is 25.8. The summed E-state index contributed by atoms with van der Waals surface area (Å²) >= 11 is 0. The molecular formula is C46H33N5O. The van der Waals surface area contributed by atoms with Gasteiger partial charge in [-0.25, -0.2) is 4.98 Å². The molecule has 0 N–H and O–H groups in total. The fourth-order valence-corrected chi connectivity index (χ4v) is 7.45. The van der Waals surface area contributed by atoms with Crippen LogP contribution in [0.25, 0.3) is 55.5 Å². The molecule has 9 aromatic rings. The third-order valence-corrected chi connectivity index (χ3v) is 9.84. The average molecular weight is 672 g/mol. The number of ether oxygens (including phenoxy) is 1. The lowest BCUT2D eigenvalue weighted by Crippen LogP contribution is -2.24. The van der Waals surface area contributed by atoms with Crippen molar-refractivity contribution in [2.75, 3.05) is 16.5 Å². The van der Waals surface area contributed by atoms with E-state index in [0.717, 1.165) is 85.0 Å². The Morgan fingerprint density at radius 2 is 1.08 bits per heavy atom. The Morgan fingerprint density at radius 3 is 1.88 bits per heavy atom. The Hall–Kier alpha value is -7.05. The van der Waals surface area contributed by atoms with Crippen molar-refractivity contribution >= 4 is 44.2 Å². The molecule has 0 unspecified atom stereocenters. The molecule has 6 heteroatoms. The number of rotatable bonds is 7. The molecule has 0 amide bonds. The predicted octanol–water partition coefficient (Wildman–Crippen LogP) is 11.3. The summed E-state index contributed by atoms with van der Waals surface area (Å²) in [6, 6.07) is 59.1. The fourth-order valence-electron chi connectivity index (χ4n) is 7.45. The van der Waals surface area contributed by atoms with Gasteiger partial charge in [0.05, 0.1) is 28.7 Å². The summed E-state index contributed by atoms with van der Waals surface area (Å²) in [5.41, 5.74) is 9.99. The predicted molar refractivity (Wildman–Crippen MR) is 213 cm³/mol. The molecule has 6 nitrogen and oxygen atoms in total. The Labute approximate surface area is 301 Å². The van der Waals surface area contributed by atoms with Crippen molar-refractivity contribution in [2.24, 2.45) is 0 Å². The molecule has 0 spiro atoms. The van der Waals surface area contributed by atoms with Gasteiger partial charge >= 0.3 is 0 Å². The van der Waals surface area contributed by atoms with Gasteiger partial charge in [0, 0.05) is 58.6 Å². The summed E-state index contributed by atoms with van der Waals surface area (Å²) in [7, 11) is 0. The minimum Gasteiger partial charge on any atom is -0.457 e. The number of para-hydroxylation sites is 3. The van der Waals surface area contributed by atoms with Crippen molar-refractivity contribution in [3.63, 3.8) is 0 Å². The number of nitrogens with zero attached hydrogens (tertiary/aromatic N) is 5. The Kier molecular flexibility index (Phi) is 7.10. The molecule has 0 atom stereocenters. The standard InChI is InChI=1S/C46H33N5O/c1-4-13-33(14-5-1)34-25-26-47-44(29-34)51-43-31-39(52-38-20-12-19-37(30-38)49-28-27-48(32-49)35-15-6-2-7-16-35)23-24-41(43)45-46(51)40-21-10-11-22-42(40)50(45)36-17-8-3-9-18-36/h1-31H,32H2. The van der Waals surface area contributed by atoms with Crippen LogP contribution in [-0.4, -0.2) is 20.8 Å². The first kappa shape index (κ1) is 29.8. The van der Waals surface area contributed by atoms with E-state index in [4.69, 9.17) is 9.72 Å².